The van der Waals surface area contributed by atoms with Crippen LogP contribution in [0.25, 0.3) is 0 Å². The van der Waals surface area contributed by atoms with Crippen molar-refractivity contribution < 1.29 is 4.74 Å². The summed E-state index contributed by atoms with van der Waals surface area (Å²) in [5.74, 6) is 0.976. The van der Waals surface area contributed by atoms with Crippen molar-refractivity contribution in [1.29, 1.82) is 0 Å². The van der Waals surface area contributed by atoms with Crippen LogP contribution in [0.1, 0.15) is 25.5 Å². The molecular formula is C10H13NO. The molecule has 0 bridgehead atoms. The SMILES string of the molecule is CCc1cc(OC2CC2)ccn1. The summed E-state index contributed by atoms with van der Waals surface area (Å²) in [6.45, 7) is 2.10. The Kier molecular flexibility index (Phi) is 1.98. The van der Waals surface area contributed by atoms with Gasteiger partial charge in [-0.3, -0.25) is 4.98 Å². The normalized spacial score (nSPS) is 16.1. The first-order chi connectivity index (χ1) is 5.88. The molecule has 64 valence electrons. The van der Waals surface area contributed by atoms with Crippen molar-refractivity contribution in [2.75, 3.05) is 0 Å². The van der Waals surface area contributed by atoms with E-state index >= 15 is 0 Å². The van der Waals surface area contributed by atoms with Crippen LogP contribution in [-0.2, 0) is 6.42 Å². The summed E-state index contributed by atoms with van der Waals surface area (Å²) >= 11 is 0. The van der Waals surface area contributed by atoms with Gasteiger partial charge in [0.15, 0.2) is 0 Å². The first-order valence-electron chi connectivity index (χ1n) is 4.50. The number of aryl methyl sites for hydroxylation is 1. The number of hydrogen-bond acceptors (Lipinski definition) is 2. The third-order valence-electron chi connectivity index (χ3n) is 1.98. The molecule has 0 N–H and O–H groups in total. The van der Waals surface area contributed by atoms with Crippen molar-refractivity contribution in [2.24, 2.45) is 0 Å². The molecule has 0 spiro atoms. The van der Waals surface area contributed by atoms with Crippen molar-refractivity contribution in [1.82, 2.24) is 4.98 Å². The van der Waals surface area contributed by atoms with E-state index in [9.17, 15) is 0 Å². The molecule has 1 heterocycles. The molecule has 1 aromatic rings. The Labute approximate surface area is 72.6 Å². The largest absolute Gasteiger partial charge is 0.490 e. The van der Waals surface area contributed by atoms with Crippen molar-refractivity contribution in [2.45, 2.75) is 32.3 Å². The number of pyridine rings is 1. The van der Waals surface area contributed by atoms with Crippen LogP contribution >= 0.6 is 0 Å². The second-order valence-corrected chi connectivity index (χ2v) is 3.15. The lowest BCUT2D eigenvalue weighted by atomic mass is 10.3. The lowest BCUT2D eigenvalue weighted by molar-refractivity contribution is 0.302. The van der Waals surface area contributed by atoms with E-state index in [0.29, 0.717) is 6.10 Å². The third-order valence-corrected chi connectivity index (χ3v) is 1.98. The molecule has 0 unspecified atom stereocenters. The summed E-state index contributed by atoms with van der Waals surface area (Å²) in [5.41, 5.74) is 1.10. The van der Waals surface area contributed by atoms with Gasteiger partial charge in [0.05, 0.1) is 6.10 Å². The summed E-state index contributed by atoms with van der Waals surface area (Å²) < 4.78 is 5.63. The zero-order valence-electron chi connectivity index (χ0n) is 7.29. The second kappa shape index (κ2) is 3.13. The summed E-state index contributed by atoms with van der Waals surface area (Å²) in [6, 6.07) is 3.95. The van der Waals surface area contributed by atoms with Crippen molar-refractivity contribution >= 4 is 0 Å². The fraction of sp³-hybridized carbons (Fsp3) is 0.500. The molecule has 2 nitrogen and oxygen atoms in total. The highest BCUT2D eigenvalue weighted by molar-refractivity contribution is 5.23. The smallest absolute Gasteiger partial charge is 0.123 e. The van der Waals surface area contributed by atoms with Gasteiger partial charge in [-0.25, -0.2) is 0 Å². The molecule has 0 radical (unpaired) electrons. The topological polar surface area (TPSA) is 22.1 Å². The molecule has 2 heteroatoms. The van der Waals surface area contributed by atoms with E-state index < -0.39 is 0 Å². The van der Waals surface area contributed by atoms with Crippen LogP contribution < -0.4 is 4.74 Å². The third kappa shape index (κ3) is 1.76. The van der Waals surface area contributed by atoms with Crippen LogP contribution in [0.3, 0.4) is 0 Å². The van der Waals surface area contributed by atoms with Gasteiger partial charge in [-0.05, 0) is 25.3 Å². The molecule has 2 rings (SSSR count). The monoisotopic (exact) mass is 163 g/mol. The lowest BCUT2D eigenvalue weighted by Crippen LogP contribution is -1.97. The number of aromatic nitrogens is 1. The van der Waals surface area contributed by atoms with E-state index in [1.165, 1.54) is 12.8 Å². The molecule has 0 aliphatic heterocycles. The van der Waals surface area contributed by atoms with Crippen LogP contribution in [0.2, 0.25) is 0 Å². The summed E-state index contributed by atoms with van der Waals surface area (Å²) in [4.78, 5) is 4.21. The maximum absolute atomic E-state index is 5.63. The molecule has 1 aliphatic carbocycles. The van der Waals surface area contributed by atoms with Gasteiger partial charge in [0, 0.05) is 18.0 Å². The molecule has 0 amide bonds. The molecule has 0 aromatic carbocycles. The van der Waals surface area contributed by atoms with Gasteiger partial charge in [-0.2, -0.15) is 0 Å². The molecular weight excluding hydrogens is 150 g/mol. The van der Waals surface area contributed by atoms with Gasteiger partial charge in [0.2, 0.25) is 0 Å². The first kappa shape index (κ1) is 7.59. The standard InChI is InChI=1S/C10H13NO/c1-2-8-7-10(5-6-11-8)12-9-3-4-9/h5-7,9H,2-4H2,1H3. The average molecular weight is 163 g/mol. The van der Waals surface area contributed by atoms with Gasteiger partial charge in [0.1, 0.15) is 5.75 Å². The fourth-order valence-corrected chi connectivity index (χ4v) is 1.10. The van der Waals surface area contributed by atoms with Crippen molar-refractivity contribution in [3.8, 4) is 5.75 Å². The van der Waals surface area contributed by atoms with Gasteiger partial charge >= 0.3 is 0 Å². The number of ether oxygens (including phenoxy) is 1. The van der Waals surface area contributed by atoms with Gasteiger partial charge in [-0.15, -0.1) is 0 Å². The highest BCUT2D eigenvalue weighted by Gasteiger charge is 2.23. The lowest BCUT2D eigenvalue weighted by Gasteiger charge is -2.04. The second-order valence-electron chi connectivity index (χ2n) is 3.15. The van der Waals surface area contributed by atoms with E-state index in [4.69, 9.17) is 4.74 Å². The maximum atomic E-state index is 5.63. The van der Waals surface area contributed by atoms with Gasteiger partial charge < -0.3 is 4.74 Å². The van der Waals surface area contributed by atoms with E-state index in [1.54, 1.807) is 0 Å². The first-order valence-corrected chi connectivity index (χ1v) is 4.50. The van der Waals surface area contributed by atoms with Crippen LogP contribution in [0, 0.1) is 0 Å². The summed E-state index contributed by atoms with van der Waals surface area (Å²) in [7, 11) is 0. The molecule has 1 saturated carbocycles. The quantitative estimate of drug-likeness (QED) is 0.681. The Bertz CT molecular complexity index is 268. The molecule has 0 atom stereocenters. The van der Waals surface area contributed by atoms with Crippen molar-refractivity contribution in [3.05, 3.63) is 24.0 Å². The predicted molar refractivity (Wildman–Crippen MR) is 47.3 cm³/mol. The Morgan fingerprint density at radius 3 is 3.08 bits per heavy atom. The maximum Gasteiger partial charge on any atom is 0.123 e. The number of hydrogen-bond donors (Lipinski definition) is 0. The van der Waals surface area contributed by atoms with Crippen molar-refractivity contribution in [3.63, 3.8) is 0 Å². The zero-order chi connectivity index (χ0) is 8.39. The minimum Gasteiger partial charge on any atom is -0.490 e. The molecule has 1 aliphatic rings. The molecule has 1 fully saturated rings. The molecule has 12 heavy (non-hydrogen) atoms. The van der Waals surface area contributed by atoms with Gasteiger partial charge in [0.25, 0.3) is 0 Å². The van der Waals surface area contributed by atoms with Crippen LogP contribution in [0.15, 0.2) is 18.3 Å². The van der Waals surface area contributed by atoms with Crippen LogP contribution in [0.5, 0.6) is 5.75 Å². The highest BCUT2D eigenvalue weighted by atomic mass is 16.5. The predicted octanol–water partition coefficient (Wildman–Crippen LogP) is 2.19. The van der Waals surface area contributed by atoms with E-state index in [1.807, 2.05) is 18.3 Å². The Morgan fingerprint density at radius 2 is 2.42 bits per heavy atom. The molecule has 1 aromatic heterocycles. The fourth-order valence-electron chi connectivity index (χ4n) is 1.10. The Balaban J connectivity index is 2.08. The van der Waals surface area contributed by atoms with E-state index in [0.717, 1.165) is 17.9 Å². The van der Waals surface area contributed by atoms with Gasteiger partial charge in [-0.1, -0.05) is 6.92 Å². The summed E-state index contributed by atoms with van der Waals surface area (Å²) in [5, 5.41) is 0. The number of nitrogens with zero attached hydrogens (tertiary/aromatic N) is 1. The Morgan fingerprint density at radius 1 is 1.58 bits per heavy atom. The summed E-state index contributed by atoms with van der Waals surface area (Å²) in [6.07, 6.45) is 5.70. The van der Waals surface area contributed by atoms with Crippen LogP contribution in [0.4, 0.5) is 0 Å². The number of rotatable bonds is 3. The average Bonchev–Trinajstić information content (AvgIpc) is 2.89. The van der Waals surface area contributed by atoms with E-state index in [2.05, 4.69) is 11.9 Å². The van der Waals surface area contributed by atoms with Crippen LogP contribution in [-0.4, -0.2) is 11.1 Å². The van der Waals surface area contributed by atoms with E-state index in [-0.39, 0.29) is 0 Å². The Hall–Kier alpha value is -1.05. The minimum absolute atomic E-state index is 0.483. The zero-order valence-corrected chi connectivity index (χ0v) is 7.29. The molecule has 0 saturated heterocycles. The minimum atomic E-state index is 0.483. The highest BCUT2D eigenvalue weighted by Crippen LogP contribution is 2.26.